The third kappa shape index (κ3) is 1.74. The second kappa shape index (κ2) is 3.57. The van der Waals surface area contributed by atoms with E-state index in [0.29, 0.717) is 17.0 Å². The minimum Gasteiger partial charge on any atom is -0.360 e. The highest BCUT2D eigenvalue weighted by Crippen LogP contribution is 2.12. The first-order valence-electron chi connectivity index (χ1n) is 4.56. The number of hydrogen-bond donors (Lipinski definition) is 2. The quantitative estimate of drug-likeness (QED) is 0.725. The van der Waals surface area contributed by atoms with Gasteiger partial charge in [0.15, 0.2) is 10.9 Å². The summed E-state index contributed by atoms with van der Waals surface area (Å²) in [5.41, 5.74) is 1.73. The molecule has 0 unspecified atom stereocenters. The first kappa shape index (κ1) is 9.45. The van der Waals surface area contributed by atoms with Crippen molar-refractivity contribution < 1.29 is 0 Å². The van der Waals surface area contributed by atoms with Crippen LogP contribution < -0.4 is 10.9 Å². The minimum absolute atomic E-state index is 0.0477. The summed E-state index contributed by atoms with van der Waals surface area (Å²) in [6, 6.07) is 4.35. The lowest BCUT2D eigenvalue weighted by Crippen LogP contribution is -2.08. The van der Waals surface area contributed by atoms with E-state index in [4.69, 9.17) is 0 Å². The van der Waals surface area contributed by atoms with Crippen LogP contribution in [0.2, 0.25) is 0 Å². The van der Waals surface area contributed by atoms with Crippen LogP contribution in [0.25, 0.3) is 11.4 Å². The maximum absolute atomic E-state index is 11.4. The molecule has 0 saturated heterocycles. The van der Waals surface area contributed by atoms with Crippen molar-refractivity contribution >= 4 is 0 Å². The molecule has 0 bridgehead atoms. The molecule has 2 aromatic rings. The standard InChI is InChI=1S/C11H10N2O2/c1-7-10(15)3-5-13-11(7)9-6-8(14)2-4-12-9/h2-6H,1H3,(H,12,14)(H,13,15). The molecule has 0 aliphatic rings. The molecule has 0 aromatic carbocycles. The highest BCUT2D eigenvalue weighted by Gasteiger charge is 2.04. The Kier molecular flexibility index (Phi) is 2.25. The van der Waals surface area contributed by atoms with E-state index in [1.54, 1.807) is 19.3 Å². The zero-order valence-electron chi connectivity index (χ0n) is 8.20. The Bertz CT molecular complexity index is 596. The van der Waals surface area contributed by atoms with Gasteiger partial charge < -0.3 is 9.97 Å². The third-order valence-corrected chi connectivity index (χ3v) is 2.25. The summed E-state index contributed by atoms with van der Waals surface area (Å²) in [7, 11) is 0. The topological polar surface area (TPSA) is 65.7 Å². The molecule has 0 saturated carbocycles. The van der Waals surface area contributed by atoms with Gasteiger partial charge >= 0.3 is 0 Å². The van der Waals surface area contributed by atoms with Crippen LogP contribution in [-0.2, 0) is 0 Å². The zero-order valence-corrected chi connectivity index (χ0v) is 8.20. The van der Waals surface area contributed by atoms with Crippen molar-refractivity contribution in [2.24, 2.45) is 0 Å². The van der Waals surface area contributed by atoms with Gasteiger partial charge in [0.25, 0.3) is 0 Å². The van der Waals surface area contributed by atoms with Gasteiger partial charge in [-0.3, -0.25) is 9.59 Å². The lowest BCUT2D eigenvalue weighted by molar-refractivity contribution is 1.19. The predicted molar refractivity (Wildman–Crippen MR) is 57.9 cm³/mol. The first-order valence-corrected chi connectivity index (χ1v) is 4.56. The Morgan fingerprint density at radius 3 is 2.53 bits per heavy atom. The van der Waals surface area contributed by atoms with Crippen LogP contribution in [0, 0.1) is 6.92 Å². The van der Waals surface area contributed by atoms with E-state index < -0.39 is 0 Å². The van der Waals surface area contributed by atoms with Gasteiger partial charge in [-0.05, 0) is 6.92 Å². The van der Waals surface area contributed by atoms with Crippen molar-refractivity contribution in [1.82, 2.24) is 9.97 Å². The van der Waals surface area contributed by atoms with Gasteiger partial charge in [0.05, 0.1) is 11.4 Å². The van der Waals surface area contributed by atoms with Crippen LogP contribution in [0.4, 0.5) is 0 Å². The second-order valence-corrected chi connectivity index (χ2v) is 3.28. The zero-order chi connectivity index (χ0) is 10.8. The van der Waals surface area contributed by atoms with E-state index in [1.165, 1.54) is 18.2 Å². The lowest BCUT2D eigenvalue weighted by atomic mass is 10.1. The van der Waals surface area contributed by atoms with Crippen molar-refractivity contribution in [2.45, 2.75) is 6.92 Å². The van der Waals surface area contributed by atoms with Crippen LogP contribution in [0.3, 0.4) is 0 Å². The maximum Gasteiger partial charge on any atom is 0.185 e. The number of hydrogen-bond acceptors (Lipinski definition) is 2. The number of pyridine rings is 2. The van der Waals surface area contributed by atoms with E-state index in [2.05, 4.69) is 9.97 Å². The first-order chi connectivity index (χ1) is 7.18. The minimum atomic E-state index is -0.0900. The molecule has 4 heteroatoms. The summed E-state index contributed by atoms with van der Waals surface area (Å²) < 4.78 is 0. The molecule has 0 amide bonds. The molecule has 4 nitrogen and oxygen atoms in total. The SMILES string of the molecule is Cc1c(-c2cc(=O)cc[nH]2)[nH]ccc1=O. The molecular formula is C11H10N2O2. The molecule has 0 aliphatic heterocycles. The van der Waals surface area contributed by atoms with Gasteiger partial charge in [0, 0.05) is 36.2 Å². The van der Waals surface area contributed by atoms with Crippen molar-refractivity contribution in [3.8, 4) is 11.4 Å². The Morgan fingerprint density at radius 2 is 1.80 bits per heavy atom. The van der Waals surface area contributed by atoms with Crippen LogP contribution >= 0.6 is 0 Å². The molecule has 76 valence electrons. The summed E-state index contributed by atoms with van der Waals surface area (Å²) in [5, 5.41) is 0. The van der Waals surface area contributed by atoms with Crippen LogP contribution in [0.15, 0.2) is 40.2 Å². The molecule has 0 atom stereocenters. The van der Waals surface area contributed by atoms with Gasteiger partial charge in [-0.25, -0.2) is 0 Å². The van der Waals surface area contributed by atoms with Gasteiger partial charge in [-0.1, -0.05) is 0 Å². The van der Waals surface area contributed by atoms with Crippen molar-refractivity contribution in [3.63, 3.8) is 0 Å². The van der Waals surface area contributed by atoms with Crippen LogP contribution in [-0.4, -0.2) is 9.97 Å². The highest BCUT2D eigenvalue weighted by molar-refractivity contribution is 5.57. The molecule has 0 radical (unpaired) electrons. The number of H-pyrrole nitrogens is 2. The second-order valence-electron chi connectivity index (χ2n) is 3.28. The summed E-state index contributed by atoms with van der Waals surface area (Å²) >= 11 is 0. The van der Waals surface area contributed by atoms with Gasteiger partial charge in [0.2, 0.25) is 0 Å². The average molecular weight is 202 g/mol. The van der Waals surface area contributed by atoms with E-state index >= 15 is 0 Å². The third-order valence-electron chi connectivity index (χ3n) is 2.25. The fraction of sp³-hybridized carbons (Fsp3) is 0.0909. The number of nitrogens with one attached hydrogen (secondary N) is 2. The molecule has 0 fully saturated rings. The molecule has 2 N–H and O–H groups in total. The van der Waals surface area contributed by atoms with E-state index in [-0.39, 0.29) is 10.9 Å². The van der Waals surface area contributed by atoms with E-state index in [9.17, 15) is 9.59 Å². The molecule has 0 spiro atoms. The summed E-state index contributed by atoms with van der Waals surface area (Å²) in [5.74, 6) is 0. The van der Waals surface area contributed by atoms with Crippen LogP contribution in [0.5, 0.6) is 0 Å². The Hall–Kier alpha value is -2.10. The number of aromatic nitrogens is 2. The largest absolute Gasteiger partial charge is 0.360 e. The number of aromatic amines is 2. The van der Waals surface area contributed by atoms with Gasteiger partial charge in [-0.15, -0.1) is 0 Å². The smallest absolute Gasteiger partial charge is 0.185 e. The maximum atomic E-state index is 11.4. The lowest BCUT2D eigenvalue weighted by Gasteiger charge is -2.03. The number of rotatable bonds is 1. The molecule has 15 heavy (non-hydrogen) atoms. The summed E-state index contributed by atoms with van der Waals surface area (Å²) in [6.45, 7) is 1.72. The Morgan fingerprint density at radius 1 is 1.07 bits per heavy atom. The highest BCUT2D eigenvalue weighted by atomic mass is 16.1. The van der Waals surface area contributed by atoms with Crippen molar-refractivity contribution in [3.05, 3.63) is 56.6 Å². The van der Waals surface area contributed by atoms with E-state index in [0.717, 1.165) is 0 Å². The van der Waals surface area contributed by atoms with E-state index in [1.807, 2.05) is 0 Å². The average Bonchev–Trinajstić information content (AvgIpc) is 2.22. The summed E-state index contributed by atoms with van der Waals surface area (Å²) in [4.78, 5) is 28.4. The normalized spacial score (nSPS) is 10.2. The molecule has 2 aromatic heterocycles. The fourth-order valence-electron chi connectivity index (χ4n) is 1.43. The molecular weight excluding hydrogens is 192 g/mol. The van der Waals surface area contributed by atoms with Crippen molar-refractivity contribution in [2.75, 3.05) is 0 Å². The van der Waals surface area contributed by atoms with Crippen molar-refractivity contribution in [1.29, 1.82) is 0 Å². The Balaban J connectivity index is 2.69. The van der Waals surface area contributed by atoms with Gasteiger partial charge in [0.1, 0.15) is 0 Å². The predicted octanol–water partition coefficient (Wildman–Crippen LogP) is 1.04. The fourth-order valence-corrected chi connectivity index (χ4v) is 1.43. The molecule has 2 rings (SSSR count). The van der Waals surface area contributed by atoms with Gasteiger partial charge in [-0.2, -0.15) is 0 Å². The monoisotopic (exact) mass is 202 g/mol. The van der Waals surface area contributed by atoms with Crippen LogP contribution in [0.1, 0.15) is 5.56 Å². The summed E-state index contributed by atoms with van der Waals surface area (Å²) in [6.07, 6.45) is 3.12. The Labute approximate surface area is 85.6 Å². The molecule has 2 heterocycles. The molecule has 0 aliphatic carbocycles.